The summed E-state index contributed by atoms with van der Waals surface area (Å²) in [5.41, 5.74) is 1.87. The van der Waals surface area contributed by atoms with E-state index in [4.69, 9.17) is 16.6 Å². The summed E-state index contributed by atoms with van der Waals surface area (Å²) in [6.07, 6.45) is 2.59. The van der Waals surface area contributed by atoms with Gasteiger partial charge in [-0.05, 0) is 42.0 Å². The zero-order chi connectivity index (χ0) is 15.4. The molecule has 1 atom stereocenters. The fraction of sp³-hybridized carbons (Fsp3) is 0.600. The molecule has 0 aliphatic rings. The maximum atomic E-state index is 5.94. The van der Waals surface area contributed by atoms with Gasteiger partial charge >= 0.3 is 0 Å². The van der Waals surface area contributed by atoms with Crippen LogP contribution in [-0.2, 0) is 6.42 Å². The number of aromatic nitrogens is 3. The van der Waals surface area contributed by atoms with E-state index in [9.17, 15) is 0 Å². The third-order valence-corrected chi connectivity index (χ3v) is 4.37. The van der Waals surface area contributed by atoms with E-state index in [2.05, 4.69) is 51.2 Å². The summed E-state index contributed by atoms with van der Waals surface area (Å²) in [5.74, 6) is 1.59. The number of fused-ring (bicyclic) bond motifs is 1. The quantitative estimate of drug-likeness (QED) is 0.691. The maximum absolute atomic E-state index is 5.94. The molecular weight excluding hydrogens is 352 g/mol. The SMILES string of the molecule is CCN(CC)CC(C)n1c(CCCl)nc2cc(Br)cnc21. The van der Waals surface area contributed by atoms with Gasteiger partial charge in [-0.3, -0.25) is 0 Å². The summed E-state index contributed by atoms with van der Waals surface area (Å²) in [6, 6.07) is 2.34. The highest BCUT2D eigenvalue weighted by Gasteiger charge is 2.18. The van der Waals surface area contributed by atoms with E-state index in [0.29, 0.717) is 11.9 Å². The van der Waals surface area contributed by atoms with Crippen molar-refractivity contribution in [2.24, 2.45) is 0 Å². The van der Waals surface area contributed by atoms with Crippen molar-refractivity contribution in [3.8, 4) is 0 Å². The molecule has 0 aromatic carbocycles. The maximum Gasteiger partial charge on any atom is 0.160 e. The molecule has 6 heteroatoms. The topological polar surface area (TPSA) is 34.0 Å². The zero-order valence-corrected chi connectivity index (χ0v) is 15.2. The van der Waals surface area contributed by atoms with E-state index < -0.39 is 0 Å². The smallest absolute Gasteiger partial charge is 0.160 e. The number of hydrogen-bond acceptors (Lipinski definition) is 3. The minimum atomic E-state index is 0.321. The van der Waals surface area contributed by atoms with Gasteiger partial charge in [-0.1, -0.05) is 13.8 Å². The number of alkyl halides is 1. The monoisotopic (exact) mass is 372 g/mol. The first-order valence-electron chi connectivity index (χ1n) is 7.41. The Morgan fingerprint density at radius 1 is 1.38 bits per heavy atom. The molecule has 2 heterocycles. The summed E-state index contributed by atoms with van der Waals surface area (Å²) < 4.78 is 3.19. The van der Waals surface area contributed by atoms with Crippen molar-refractivity contribution >= 4 is 38.7 Å². The van der Waals surface area contributed by atoms with Gasteiger partial charge in [0.1, 0.15) is 11.3 Å². The van der Waals surface area contributed by atoms with Crippen LogP contribution in [-0.4, -0.2) is 44.9 Å². The Balaban J connectivity index is 2.41. The molecule has 2 aromatic heterocycles. The second-order valence-electron chi connectivity index (χ2n) is 5.17. The van der Waals surface area contributed by atoms with Gasteiger partial charge in [0.15, 0.2) is 5.65 Å². The summed E-state index contributed by atoms with van der Waals surface area (Å²) in [7, 11) is 0. The van der Waals surface area contributed by atoms with Gasteiger partial charge in [-0.25, -0.2) is 9.97 Å². The lowest BCUT2D eigenvalue weighted by Crippen LogP contribution is -2.30. The number of imidazole rings is 1. The lowest BCUT2D eigenvalue weighted by atomic mass is 10.2. The van der Waals surface area contributed by atoms with Gasteiger partial charge < -0.3 is 9.47 Å². The molecule has 0 radical (unpaired) electrons. The molecule has 0 aliphatic carbocycles. The summed E-state index contributed by atoms with van der Waals surface area (Å²) in [4.78, 5) is 11.7. The van der Waals surface area contributed by atoms with Gasteiger partial charge in [0.25, 0.3) is 0 Å². The lowest BCUT2D eigenvalue weighted by Gasteiger charge is -2.25. The average molecular weight is 374 g/mol. The van der Waals surface area contributed by atoms with Gasteiger partial charge in [0.2, 0.25) is 0 Å². The molecule has 0 saturated carbocycles. The molecule has 2 aromatic rings. The summed E-state index contributed by atoms with van der Waals surface area (Å²) >= 11 is 9.40. The van der Waals surface area contributed by atoms with Gasteiger partial charge in [0.05, 0.1) is 0 Å². The van der Waals surface area contributed by atoms with E-state index in [1.807, 2.05) is 12.3 Å². The van der Waals surface area contributed by atoms with Crippen LogP contribution in [0.15, 0.2) is 16.7 Å². The Bertz CT molecular complexity index is 595. The van der Waals surface area contributed by atoms with Crippen molar-refractivity contribution in [3.05, 3.63) is 22.6 Å². The first kappa shape index (κ1) is 16.7. The number of rotatable bonds is 7. The van der Waals surface area contributed by atoms with Crippen LogP contribution in [0.5, 0.6) is 0 Å². The standard InChI is InChI=1S/C15H22BrClN4/c1-4-20(5-2)10-11(3)21-14(6-7-17)19-13-8-12(16)9-18-15(13)21/h8-9,11H,4-7,10H2,1-3H3. The minimum absolute atomic E-state index is 0.321. The van der Waals surface area contributed by atoms with E-state index in [-0.39, 0.29) is 0 Å². The number of aryl methyl sites for hydroxylation is 1. The highest BCUT2D eigenvalue weighted by Crippen LogP contribution is 2.23. The van der Waals surface area contributed by atoms with Crippen molar-refractivity contribution < 1.29 is 0 Å². The van der Waals surface area contributed by atoms with Gasteiger partial charge in [-0.15, -0.1) is 11.6 Å². The van der Waals surface area contributed by atoms with Crippen LogP contribution in [0.4, 0.5) is 0 Å². The van der Waals surface area contributed by atoms with Crippen molar-refractivity contribution in [2.45, 2.75) is 33.2 Å². The third-order valence-electron chi connectivity index (χ3n) is 3.75. The minimum Gasteiger partial charge on any atom is -0.309 e. The predicted molar refractivity (Wildman–Crippen MR) is 92.2 cm³/mol. The van der Waals surface area contributed by atoms with Crippen molar-refractivity contribution in [1.82, 2.24) is 19.4 Å². The highest BCUT2D eigenvalue weighted by molar-refractivity contribution is 9.10. The largest absolute Gasteiger partial charge is 0.309 e. The van der Waals surface area contributed by atoms with E-state index >= 15 is 0 Å². The molecule has 116 valence electrons. The molecule has 0 bridgehead atoms. The molecule has 0 N–H and O–H groups in total. The molecule has 1 unspecified atom stereocenters. The molecular formula is C15H22BrClN4. The third kappa shape index (κ3) is 3.76. The fourth-order valence-electron chi connectivity index (χ4n) is 2.67. The Hall–Kier alpha value is -0.650. The second kappa shape index (κ2) is 7.56. The van der Waals surface area contributed by atoms with Gasteiger partial charge in [0, 0.05) is 35.6 Å². The first-order chi connectivity index (χ1) is 10.1. The summed E-state index contributed by atoms with van der Waals surface area (Å²) in [5, 5.41) is 0. The number of likely N-dealkylation sites (N-methyl/N-ethyl adjacent to an activating group) is 1. The Morgan fingerprint density at radius 2 is 2.10 bits per heavy atom. The predicted octanol–water partition coefficient (Wildman–Crippen LogP) is 3.88. The molecule has 2 rings (SSSR count). The van der Waals surface area contributed by atoms with E-state index in [1.165, 1.54) is 0 Å². The first-order valence-corrected chi connectivity index (χ1v) is 8.74. The number of halogens is 2. The molecule has 0 spiro atoms. The Labute approximate surface area is 139 Å². The molecule has 0 aliphatic heterocycles. The van der Waals surface area contributed by atoms with Crippen LogP contribution in [0, 0.1) is 0 Å². The van der Waals surface area contributed by atoms with Crippen LogP contribution in [0.2, 0.25) is 0 Å². The van der Waals surface area contributed by atoms with E-state index in [1.54, 1.807) is 0 Å². The van der Waals surface area contributed by atoms with Crippen LogP contribution >= 0.6 is 27.5 Å². The molecule has 0 saturated heterocycles. The fourth-order valence-corrected chi connectivity index (χ4v) is 3.15. The number of hydrogen-bond donors (Lipinski definition) is 0. The van der Waals surface area contributed by atoms with Crippen molar-refractivity contribution in [3.63, 3.8) is 0 Å². The molecule has 0 amide bonds. The Kier molecular flexibility index (Phi) is 6.02. The zero-order valence-electron chi connectivity index (χ0n) is 12.8. The van der Waals surface area contributed by atoms with Crippen LogP contribution < -0.4 is 0 Å². The van der Waals surface area contributed by atoms with E-state index in [0.717, 1.165) is 47.5 Å². The second-order valence-corrected chi connectivity index (χ2v) is 6.46. The summed E-state index contributed by atoms with van der Waals surface area (Å²) in [6.45, 7) is 9.70. The number of nitrogens with zero attached hydrogens (tertiary/aromatic N) is 4. The van der Waals surface area contributed by atoms with Crippen molar-refractivity contribution in [2.75, 3.05) is 25.5 Å². The van der Waals surface area contributed by atoms with Crippen LogP contribution in [0.25, 0.3) is 11.2 Å². The lowest BCUT2D eigenvalue weighted by molar-refractivity contribution is 0.261. The Morgan fingerprint density at radius 3 is 2.71 bits per heavy atom. The highest BCUT2D eigenvalue weighted by atomic mass is 79.9. The van der Waals surface area contributed by atoms with Crippen LogP contribution in [0.1, 0.15) is 32.6 Å². The molecule has 4 nitrogen and oxygen atoms in total. The average Bonchev–Trinajstić information content (AvgIpc) is 2.82. The van der Waals surface area contributed by atoms with Crippen LogP contribution in [0.3, 0.4) is 0 Å². The molecule has 0 fully saturated rings. The molecule has 21 heavy (non-hydrogen) atoms. The van der Waals surface area contributed by atoms with Crippen molar-refractivity contribution in [1.29, 1.82) is 0 Å². The normalized spacial score (nSPS) is 13.2. The number of pyridine rings is 1. The van der Waals surface area contributed by atoms with Gasteiger partial charge in [-0.2, -0.15) is 0 Å².